The van der Waals surface area contributed by atoms with E-state index in [0.717, 1.165) is 9.84 Å². The Balaban J connectivity index is 2.33. The molecule has 1 fully saturated rings. The summed E-state index contributed by atoms with van der Waals surface area (Å²) >= 11 is 0.639. The average Bonchev–Trinajstić information content (AvgIpc) is 1.91. The van der Waals surface area contributed by atoms with Crippen LogP contribution in [-0.4, -0.2) is 8.35 Å². The Bertz CT molecular complexity index is 53.2. The van der Waals surface area contributed by atoms with E-state index in [1.54, 1.807) is 4.43 Å². The van der Waals surface area contributed by atoms with Crippen LogP contribution in [-0.2, 0) is 0 Å². The first-order valence-electron chi connectivity index (χ1n) is 2.88. The van der Waals surface area contributed by atoms with Gasteiger partial charge in [-0.05, 0) is 0 Å². The summed E-state index contributed by atoms with van der Waals surface area (Å²) in [7, 11) is 0. The summed E-state index contributed by atoms with van der Waals surface area (Å²) < 4.78 is 2.71. The molecule has 0 nitrogen and oxygen atoms in total. The Morgan fingerprint density at radius 3 is 2.29 bits per heavy atom. The zero-order valence-electron chi connectivity index (χ0n) is 4.95. The summed E-state index contributed by atoms with van der Waals surface area (Å²) in [5.74, 6) is 1.06. The van der Waals surface area contributed by atoms with Gasteiger partial charge in [0.15, 0.2) is 0 Å². The van der Waals surface area contributed by atoms with E-state index in [4.69, 9.17) is 0 Å². The van der Waals surface area contributed by atoms with Gasteiger partial charge in [-0.25, -0.2) is 0 Å². The Kier molecular flexibility index (Phi) is 1.95. The molecule has 7 heavy (non-hydrogen) atoms. The zero-order chi connectivity index (χ0) is 5.28. The first-order valence-corrected chi connectivity index (χ1v) is 5.65. The van der Waals surface area contributed by atoms with Crippen LogP contribution in [0.25, 0.3) is 0 Å². The molecule has 1 aliphatic rings. The first-order chi connectivity index (χ1) is 3.30. The summed E-state index contributed by atoms with van der Waals surface area (Å²) in [5.41, 5.74) is 0. The molecule has 0 aromatic rings. The maximum atomic E-state index is 2.41. The Morgan fingerprint density at radius 1 is 1.43 bits per heavy atom. The second kappa shape index (κ2) is 2.33. The molecule has 2 atom stereocenters. The summed E-state index contributed by atoms with van der Waals surface area (Å²) in [6, 6.07) is 0. The van der Waals surface area contributed by atoms with E-state index in [9.17, 15) is 0 Å². The maximum absolute atomic E-state index is 2.41. The van der Waals surface area contributed by atoms with Gasteiger partial charge in [-0.1, -0.05) is 0 Å². The van der Waals surface area contributed by atoms with E-state index < -0.39 is 0 Å². The van der Waals surface area contributed by atoms with Crippen LogP contribution < -0.4 is 21.2 Å². The van der Waals surface area contributed by atoms with Crippen molar-refractivity contribution in [1.82, 2.24) is 0 Å². The normalized spacial score (nSPS) is 43.1. The molecule has 44 valence electrons. The second-order valence-corrected chi connectivity index (χ2v) is 6.21. The molecule has 1 saturated heterocycles. The Morgan fingerprint density at radius 2 is 2.14 bits per heavy atom. The Hall–Kier alpha value is 0.730. The summed E-state index contributed by atoms with van der Waals surface area (Å²) in [6.45, 7) is 4.79. The second-order valence-electron chi connectivity index (χ2n) is 2.29. The molecule has 0 saturated carbocycles. The van der Waals surface area contributed by atoms with Gasteiger partial charge in [0.25, 0.3) is 0 Å². The van der Waals surface area contributed by atoms with Crippen molar-refractivity contribution in [2.75, 3.05) is 4.43 Å². The molecule has 1 heteroatoms. The Labute approximate surface area is 55.9 Å². The van der Waals surface area contributed by atoms with Gasteiger partial charge in [0.2, 0.25) is 0 Å². The molecule has 0 radical (unpaired) electrons. The van der Waals surface area contributed by atoms with Crippen LogP contribution in [0, 0.1) is 5.92 Å². The minimum absolute atomic E-state index is 0.639. The van der Waals surface area contributed by atoms with E-state index in [-0.39, 0.29) is 0 Å². The van der Waals surface area contributed by atoms with Crippen molar-refractivity contribution >= 4 is 0 Å². The molecule has 0 N–H and O–H groups in total. The van der Waals surface area contributed by atoms with Crippen molar-refractivity contribution in [3.05, 3.63) is 0 Å². The number of hydrogen-bond donors (Lipinski definition) is 0. The van der Waals surface area contributed by atoms with Crippen molar-refractivity contribution in [3.8, 4) is 0 Å². The summed E-state index contributed by atoms with van der Waals surface area (Å²) in [5, 5.41) is 0. The number of rotatable bonds is 0. The molecule has 0 amide bonds. The topological polar surface area (TPSA) is 0 Å². The van der Waals surface area contributed by atoms with E-state index in [0.29, 0.717) is 21.2 Å². The fraction of sp³-hybridized carbons (Fsp3) is 1.00. The van der Waals surface area contributed by atoms with Gasteiger partial charge in [-0.3, -0.25) is 0 Å². The third-order valence-corrected chi connectivity index (χ3v) is 5.56. The van der Waals surface area contributed by atoms with Crippen molar-refractivity contribution in [3.63, 3.8) is 0 Å². The van der Waals surface area contributed by atoms with Crippen LogP contribution in [0.15, 0.2) is 0 Å². The van der Waals surface area contributed by atoms with E-state index >= 15 is 0 Å². The summed E-state index contributed by atoms with van der Waals surface area (Å²) in [6.07, 6.45) is 1.52. The van der Waals surface area contributed by atoms with Crippen molar-refractivity contribution in [2.24, 2.45) is 5.92 Å². The fourth-order valence-electron chi connectivity index (χ4n) is 0.789. The molecular weight excluding hydrogens is 199 g/mol. The van der Waals surface area contributed by atoms with Crippen LogP contribution in [0.1, 0.15) is 20.3 Å². The molecule has 1 heterocycles. The quantitative estimate of drug-likeness (QED) is 0.338. The van der Waals surface area contributed by atoms with Gasteiger partial charge in [0.1, 0.15) is 0 Å². The molecular formula is C6H12I-. The molecule has 0 aromatic heterocycles. The SMILES string of the molecule is CC1CC[I-]C1C. The monoisotopic (exact) mass is 211 g/mol. The molecule has 0 bridgehead atoms. The third-order valence-electron chi connectivity index (χ3n) is 1.70. The van der Waals surface area contributed by atoms with Gasteiger partial charge in [-0.15, -0.1) is 0 Å². The van der Waals surface area contributed by atoms with Crippen LogP contribution in [0.4, 0.5) is 0 Å². The van der Waals surface area contributed by atoms with E-state index in [2.05, 4.69) is 13.8 Å². The van der Waals surface area contributed by atoms with Crippen LogP contribution >= 0.6 is 0 Å². The predicted molar refractivity (Wildman–Crippen MR) is 28.1 cm³/mol. The molecule has 0 aliphatic carbocycles. The minimum atomic E-state index is 0.639. The van der Waals surface area contributed by atoms with Gasteiger partial charge in [-0.2, -0.15) is 0 Å². The third kappa shape index (κ3) is 1.31. The van der Waals surface area contributed by atoms with Gasteiger partial charge < -0.3 is 0 Å². The van der Waals surface area contributed by atoms with Crippen molar-refractivity contribution in [1.29, 1.82) is 0 Å². The van der Waals surface area contributed by atoms with Gasteiger partial charge in [0.05, 0.1) is 0 Å². The van der Waals surface area contributed by atoms with Gasteiger partial charge in [0, 0.05) is 0 Å². The first kappa shape index (κ1) is 5.86. The van der Waals surface area contributed by atoms with E-state index in [1.807, 2.05) is 0 Å². The fourth-order valence-corrected chi connectivity index (χ4v) is 4.34. The van der Waals surface area contributed by atoms with Gasteiger partial charge >= 0.3 is 55.7 Å². The van der Waals surface area contributed by atoms with Crippen LogP contribution in [0.2, 0.25) is 0 Å². The summed E-state index contributed by atoms with van der Waals surface area (Å²) in [4.78, 5) is 0. The van der Waals surface area contributed by atoms with Crippen LogP contribution in [0.3, 0.4) is 0 Å². The predicted octanol–water partition coefficient (Wildman–Crippen LogP) is -1.50. The van der Waals surface area contributed by atoms with E-state index in [1.165, 1.54) is 6.42 Å². The molecule has 2 unspecified atom stereocenters. The molecule has 1 aliphatic heterocycles. The average molecular weight is 211 g/mol. The van der Waals surface area contributed by atoms with Crippen LogP contribution in [0.5, 0.6) is 0 Å². The number of halogens is 1. The molecule has 1 rings (SSSR count). The van der Waals surface area contributed by atoms with Crippen molar-refractivity contribution in [2.45, 2.75) is 24.2 Å². The zero-order valence-corrected chi connectivity index (χ0v) is 7.10. The standard InChI is InChI=1S/C6H12I/c1-5-3-4-7-6(5)2/h5-6H,3-4H2,1-2H3/q-1. The number of alkyl halides is 2. The van der Waals surface area contributed by atoms with Crippen molar-refractivity contribution < 1.29 is 21.2 Å². The molecule has 0 aromatic carbocycles. The molecule has 0 spiro atoms. The number of hydrogen-bond acceptors (Lipinski definition) is 0.